The van der Waals surface area contributed by atoms with Crippen LogP contribution >= 0.6 is 0 Å². The van der Waals surface area contributed by atoms with Gasteiger partial charge >= 0.3 is 0 Å². The van der Waals surface area contributed by atoms with Crippen molar-refractivity contribution in [3.8, 4) is 28.7 Å². The molecular formula is C34H43N3O5. The summed E-state index contributed by atoms with van der Waals surface area (Å²) in [6, 6.07) is 2.47. The maximum atomic E-state index is 11.7. The third-order valence-corrected chi connectivity index (χ3v) is 9.81. The Hall–Kier alpha value is -3.46. The molecule has 4 aliphatic heterocycles. The Bertz CT molecular complexity index is 1450. The highest BCUT2D eigenvalue weighted by Gasteiger charge is 2.65. The summed E-state index contributed by atoms with van der Waals surface area (Å²) in [5.41, 5.74) is 12.6. The zero-order chi connectivity index (χ0) is 29.9. The summed E-state index contributed by atoms with van der Waals surface area (Å²) in [4.78, 5) is 5.17. The lowest BCUT2D eigenvalue weighted by Gasteiger charge is -2.64. The summed E-state index contributed by atoms with van der Waals surface area (Å²) in [6.45, 7) is 20.2. The van der Waals surface area contributed by atoms with Crippen molar-refractivity contribution < 1.29 is 24.1 Å². The molecular weight excluding hydrogens is 530 g/mol. The number of ether oxygens (including phenoxy) is 4. The van der Waals surface area contributed by atoms with E-state index in [0.717, 1.165) is 46.5 Å². The van der Waals surface area contributed by atoms with E-state index in [-0.39, 0.29) is 29.4 Å². The minimum Gasteiger partial charge on any atom is -0.504 e. The van der Waals surface area contributed by atoms with Crippen molar-refractivity contribution in [1.82, 2.24) is 9.80 Å². The topological polar surface area (TPSA) is 89.7 Å². The van der Waals surface area contributed by atoms with Crippen molar-refractivity contribution in [3.63, 3.8) is 0 Å². The second kappa shape index (κ2) is 10.7. The molecule has 2 aromatic carbocycles. The van der Waals surface area contributed by atoms with Gasteiger partial charge in [0, 0.05) is 53.0 Å². The Kier molecular flexibility index (Phi) is 7.28. The molecule has 42 heavy (non-hydrogen) atoms. The molecule has 0 aliphatic carbocycles. The van der Waals surface area contributed by atoms with Gasteiger partial charge in [-0.05, 0) is 50.8 Å². The van der Waals surface area contributed by atoms with Crippen LogP contribution in [0, 0.1) is 13.8 Å². The smallest absolute Gasteiger partial charge is 0.168 e. The van der Waals surface area contributed by atoms with Crippen LogP contribution in [0.3, 0.4) is 0 Å². The minimum atomic E-state index is -0.135. The molecule has 4 aliphatic rings. The molecule has 8 nitrogen and oxygen atoms in total. The monoisotopic (exact) mass is 573 g/mol. The van der Waals surface area contributed by atoms with Crippen LogP contribution in [0.4, 0.5) is 0 Å². The second-order valence-electron chi connectivity index (χ2n) is 12.0. The van der Waals surface area contributed by atoms with Gasteiger partial charge in [-0.1, -0.05) is 38.0 Å². The summed E-state index contributed by atoms with van der Waals surface area (Å²) in [5, 5.41) is 11.7. The maximum Gasteiger partial charge on any atom is 0.168 e. The molecule has 0 saturated carbocycles. The van der Waals surface area contributed by atoms with Gasteiger partial charge in [0.1, 0.15) is 25.6 Å². The molecule has 0 radical (unpaired) electrons. The van der Waals surface area contributed by atoms with Gasteiger partial charge in [-0.2, -0.15) is 0 Å². The highest BCUT2D eigenvalue weighted by molar-refractivity contribution is 5.66. The first kappa shape index (κ1) is 28.6. The minimum absolute atomic E-state index is 0.0176. The number of hydrogen-bond acceptors (Lipinski definition) is 8. The average molecular weight is 574 g/mol. The highest BCUT2D eigenvalue weighted by Crippen LogP contribution is 2.66. The fourth-order valence-electron chi connectivity index (χ4n) is 8.36. The van der Waals surface area contributed by atoms with E-state index in [2.05, 4.69) is 42.5 Å². The van der Waals surface area contributed by atoms with Crippen LogP contribution in [0.5, 0.6) is 28.7 Å². The molecule has 2 fully saturated rings. The number of phenolic OH excluding ortho intramolecular Hbond substituents is 1. The number of nitrogens with two attached hydrogens (primary N) is 1. The average Bonchev–Trinajstić information content (AvgIpc) is 3.19. The zero-order valence-corrected chi connectivity index (χ0v) is 25.2. The number of aryl methyl sites for hydroxylation is 1. The lowest BCUT2D eigenvalue weighted by Crippen LogP contribution is -2.71. The quantitative estimate of drug-likeness (QED) is 0.363. The third-order valence-electron chi connectivity index (χ3n) is 9.81. The molecule has 8 heteroatoms. The predicted octanol–water partition coefficient (Wildman–Crippen LogP) is 5.00. The van der Waals surface area contributed by atoms with Crippen LogP contribution in [-0.4, -0.2) is 67.0 Å². The van der Waals surface area contributed by atoms with E-state index >= 15 is 0 Å². The summed E-state index contributed by atoms with van der Waals surface area (Å²) in [7, 11) is 1.63. The Morgan fingerprint density at radius 3 is 2.26 bits per heavy atom. The molecule has 2 aromatic rings. The van der Waals surface area contributed by atoms with E-state index in [1.165, 1.54) is 5.56 Å². The third kappa shape index (κ3) is 3.85. The molecule has 3 N–H and O–H groups in total. The zero-order valence-electron chi connectivity index (χ0n) is 25.2. The maximum absolute atomic E-state index is 11.7. The van der Waals surface area contributed by atoms with E-state index in [9.17, 15) is 5.11 Å². The molecule has 0 aromatic heterocycles. The molecule has 0 spiro atoms. The number of methoxy groups -OCH3 is 1. The Morgan fingerprint density at radius 2 is 1.64 bits per heavy atom. The summed E-state index contributed by atoms with van der Waals surface area (Å²) in [6.07, 6.45) is 6.94. The molecule has 2 saturated heterocycles. The molecule has 6 rings (SSSR count). The molecule has 5 atom stereocenters. The number of nitrogens with zero attached hydrogens (tertiary/aromatic N) is 2. The summed E-state index contributed by atoms with van der Waals surface area (Å²) >= 11 is 0. The number of hydrogen-bond donors (Lipinski definition) is 2. The van der Waals surface area contributed by atoms with E-state index in [4.69, 9.17) is 24.7 Å². The SMILES string of the molecule is C=CCOc1c(C)c(OCC=C)c(OCC=C)c2c1CC1C3c4c(cc(C)c(OC)c4O)C4(C)CC(CN1C2CN)N34. The fourth-order valence-corrected chi connectivity index (χ4v) is 8.36. The molecule has 5 unspecified atom stereocenters. The van der Waals surface area contributed by atoms with Crippen LogP contribution in [-0.2, 0) is 12.0 Å². The van der Waals surface area contributed by atoms with E-state index in [0.29, 0.717) is 56.1 Å². The molecule has 0 amide bonds. The normalized spacial score (nSPS) is 27.1. The van der Waals surface area contributed by atoms with E-state index in [1.54, 1.807) is 25.3 Å². The number of aromatic hydroxyl groups is 1. The van der Waals surface area contributed by atoms with Crippen molar-refractivity contribution in [2.24, 2.45) is 5.73 Å². The number of rotatable bonds is 11. The van der Waals surface area contributed by atoms with Crippen molar-refractivity contribution in [2.75, 3.05) is 40.0 Å². The van der Waals surface area contributed by atoms with Gasteiger partial charge in [0.2, 0.25) is 0 Å². The van der Waals surface area contributed by atoms with Gasteiger partial charge in [0.15, 0.2) is 23.0 Å². The van der Waals surface area contributed by atoms with Gasteiger partial charge in [-0.15, -0.1) is 0 Å². The van der Waals surface area contributed by atoms with Crippen molar-refractivity contribution in [2.45, 2.75) is 63.3 Å². The molecule has 4 heterocycles. The second-order valence-corrected chi connectivity index (χ2v) is 12.0. The van der Waals surface area contributed by atoms with Gasteiger partial charge in [0.25, 0.3) is 0 Å². The lowest BCUT2D eigenvalue weighted by molar-refractivity contribution is -0.162. The number of fused-ring (bicyclic) bond motifs is 6. The van der Waals surface area contributed by atoms with Crippen LogP contribution in [0.2, 0.25) is 0 Å². The number of phenols is 1. The van der Waals surface area contributed by atoms with Crippen LogP contribution in [0.1, 0.15) is 58.8 Å². The summed E-state index contributed by atoms with van der Waals surface area (Å²) in [5.74, 6) is 2.93. The Labute approximate surface area is 249 Å². The first-order chi connectivity index (χ1) is 20.3. The van der Waals surface area contributed by atoms with Crippen molar-refractivity contribution in [1.29, 1.82) is 0 Å². The fraction of sp³-hybridized carbons (Fsp3) is 0.471. The lowest BCUT2D eigenvalue weighted by atomic mass is 9.73. The molecule has 224 valence electrons. The van der Waals surface area contributed by atoms with Crippen LogP contribution in [0.15, 0.2) is 44.0 Å². The van der Waals surface area contributed by atoms with Gasteiger partial charge in [-0.25, -0.2) is 0 Å². The standard InChI is InChI=1S/C34H43N3O5/c1-8-11-40-31-20(5)32(41-12-9-2)33(42-13-10-3)26-22(31)15-24-28-27-23(14-19(4)30(39-7)29(27)38)34(6)16-21(37(28)34)18-36(24)25(26)17-35/h8-10,14,21,24-25,28,38H,1-3,11-13,15-18,35H2,4-7H3. The first-order valence-corrected chi connectivity index (χ1v) is 14.8. The highest BCUT2D eigenvalue weighted by atomic mass is 16.5. The Morgan fingerprint density at radius 1 is 1.00 bits per heavy atom. The van der Waals surface area contributed by atoms with Gasteiger partial charge in [0.05, 0.1) is 19.2 Å². The van der Waals surface area contributed by atoms with Crippen LogP contribution < -0.4 is 24.7 Å². The van der Waals surface area contributed by atoms with E-state index < -0.39 is 0 Å². The number of benzene rings is 2. The predicted molar refractivity (Wildman–Crippen MR) is 164 cm³/mol. The first-order valence-electron chi connectivity index (χ1n) is 14.8. The van der Waals surface area contributed by atoms with Gasteiger partial charge in [-0.3, -0.25) is 9.80 Å². The summed E-state index contributed by atoms with van der Waals surface area (Å²) < 4.78 is 24.7. The van der Waals surface area contributed by atoms with Crippen molar-refractivity contribution >= 4 is 0 Å². The largest absolute Gasteiger partial charge is 0.504 e. The van der Waals surface area contributed by atoms with Crippen LogP contribution in [0.25, 0.3) is 0 Å². The Balaban J connectivity index is 1.57. The number of piperazine rings is 1. The van der Waals surface area contributed by atoms with Gasteiger partial charge < -0.3 is 29.8 Å². The van der Waals surface area contributed by atoms with E-state index in [1.807, 2.05) is 13.8 Å². The molecule has 0 bridgehead atoms. The van der Waals surface area contributed by atoms with Crippen molar-refractivity contribution in [3.05, 3.63) is 77.4 Å².